The molecule has 0 aliphatic heterocycles. The standard InChI is InChI=1S/C12H19N3O/c1-10(8-12(2,3)16)15-14-9-11-4-6-13-7-5-11/h4-7,14,16H,8-9H2,1-3H3. The van der Waals surface area contributed by atoms with Crippen LogP contribution in [0.25, 0.3) is 0 Å². The van der Waals surface area contributed by atoms with Gasteiger partial charge in [0.15, 0.2) is 0 Å². The van der Waals surface area contributed by atoms with Crippen molar-refractivity contribution in [3.05, 3.63) is 30.1 Å². The van der Waals surface area contributed by atoms with Gasteiger partial charge >= 0.3 is 0 Å². The zero-order chi connectivity index (χ0) is 12.0. The van der Waals surface area contributed by atoms with Crippen LogP contribution in [0.1, 0.15) is 32.8 Å². The first kappa shape index (κ1) is 12.6. The quantitative estimate of drug-likeness (QED) is 0.588. The van der Waals surface area contributed by atoms with Crippen molar-refractivity contribution in [2.24, 2.45) is 5.10 Å². The highest BCUT2D eigenvalue weighted by Gasteiger charge is 2.13. The van der Waals surface area contributed by atoms with E-state index in [4.69, 9.17) is 0 Å². The minimum Gasteiger partial charge on any atom is -0.390 e. The molecule has 0 radical (unpaired) electrons. The first-order valence-electron chi connectivity index (χ1n) is 5.35. The lowest BCUT2D eigenvalue weighted by molar-refractivity contribution is 0.0883. The molecule has 0 atom stereocenters. The number of rotatable bonds is 5. The maximum atomic E-state index is 9.59. The number of hydrogen-bond donors (Lipinski definition) is 2. The summed E-state index contributed by atoms with van der Waals surface area (Å²) in [6, 6.07) is 3.88. The van der Waals surface area contributed by atoms with Gasteiger partial charge in [-0.15, -0.1) is 0 Å². The van der Waals surface area contributed by atoms with Crippen LogP contribution in [0.15, 0.2) is 29.6 Å². The monoisotopic (exact) mass is 221 g/mol. The third-order valence-electron chi connectivity index (χ3n) is 1.99. The summed E-state index contributed by atoms with van der Waals surface area (Å²) in [6.07, 6.45) is 4.07. The van der Waals surface area contributed by atoms with Crippen molar-refractivity contribution < 1.29 is 5.11 Å². The molecule has 2 N–H and O–H groups in total. The number of aliphatic hydroxyl groups is 1. The van der Waals surface area contributed by atoms with Gasteiger partial charge in [-0.25, -0.2) is 0 Å². The normalized spacial score (nSPS) is 12.6. The average molecular weight is 221 g/mol. The van der Waals surface area contributed by atoms with Crippen LogP contribution in [-0.4, -0.2) is 21.4 Å². The van der Waals surface area contributed by atoms with Crippen LogP contribution in [0, 0.1) is 0 Å². The van der Waals surface area contributed by atoms with Crippen LogP contribution < -0.4 is 5.43 Å². The zero-order valence-electron chi connectivity index (χ0n) is 10.1. The lowest BCUT2D eigenvalue weighted by Gasteiger charge is -2.16. The second kappa shape index (κ2) is 5.61. The molecule has 1 rings (SSSR count). The fraction of sp³-hybridized carbons (Fsp3) is 0.500. The number of nitrogens with one attached hydrogen (secondary N) is 1. The maximum absolute atomic E-state index is 9.59. The van der Waals surface area contributed by atoms with E-state index < -0.39 is 5.60 Å². The minimum absolute atomic E-state index is 0.566. The van der Waals surface area contributed by atoms with E-state index in [1.807, 2.05) is 19.1 Å². The van der Waals surface area contributed by atoms with Crippen LogP contribution in [0.2, 0.25) is 0 Å². The smallest absolute Gasteiger partial charge is 0.0644 e. The highest BCUT2D eigenvalue weighted by molar-refractivity contribution is 5.82. The third-order valence-corrected chi connectivity index (χ3v) is 1.99. The molecule has 0 spiro atoms. The van der Waals surface area contributed by atoms with Crippen molar-refractivity contribution in [1.82, 2.24) is 10.4 Å². The summed E-state index contributed by atoms with van der Waals surface area (Å²) < 4.78 is 0. The van der Waals surface area contributed by atoms with Gasteiger partial charge in [0.05, 0.1) is 12.1 Å². The van der Waals surface area contributed by atoms with E-state index in [0.717, 1.165) is 11.3 Å². The van der Waals surface area contributed by atoms with Gasteiger partial charge in [0, 0.05) is 24.5 Å². The van der Waals surface area contributed by atoms with Gasteiger partial charge in [0.1, 0.15) is 0 Å². The summed E-state index contributed by atoms with van der Waals surface area (Å²) >= 11 is 0. The molecule has 0 bridgehead atoms. The molecule has 0 amide bonds. The molecule has 88 valence electrons. The van der Waals surface area contributed by atoms with Crippen LogP contribution in [0.4, 0.5) is 0 Å². The number of aromatic nitrogens is 1. The predicted octanol–water partition coefficient (Wildman–Crippen LogP) is 1.71. The second-order valence-corrected chi connectivity index (χ2v) is 4.53. The van der Waals surface area contributed by atoms with E-state index in [-0.39, 0.29) is 0 Å². The first-order chi connectivity index (χ1) is 7.47. The van der Waals surface area contributed by atoms with Crippen LogP contribution in [-0.2, 0) is 6.54 Å². The Balaban J connectivity index is 2.37. The molecule has 0 unspecified atom stereocenters. The SMILES string of the molecule is CC(CC(C)(C)O)=NNCc1ccncc1. The molecule has 4 nitrogen and oxygen atoms in total. The van der Waals surface area contributed by atoms with Crippen molar-refractivity contribution in [3.63, 3.8) is 0 Å². The summed E-state index contributed by atoms with van der Waals surface area (Å²) in [4.78, 5) is 3.94. The Morgan fingerprint density at radius 1 is 1.44 bits per heavy atom. The van der Waals surface area contributed by atoms with Crippen molar-refractivity contribution in [2.45, 2.75) is 39.3 Å². The molecule has 16 heavy (non-hydrogen) atoms. The largest absolute Gasteiger partial charge is 0.390 e. The van der Waals surface area contributed by atoms with Gasteiger partial charge in [-0.1, -0.05) is 0 Å². The number of nitrogens with zero attached hydrogens (tertiary/aromatic N) is 2. The van der Waals surface area contributed by atoms with E-state index in [1.54, 1.807) is 26.2 Å². The van der Waals surface area contributed by atoms with Crippen LogP contribution >= 0.6 is 0 Å². The van der Waals surface area contributed by atoms with Gasteiger partial charge in [0.2, 0.25) is 0 Å². The van der Waals surface area contributed by atoms with Gasteiger partial charge in [-0.05, 0) is 38.5 Å². The van der Waals surface area contributed by atoms with E-state index in [1.165, 1.54) is 0 Å². The van der Waals surface area contributed by atoms with Crippen molar-refractivity contribution in [1.29, 1.82) is 0 Å². The van der Waals surface area contributed by atoms with Crippen molar-refractivity contribution >= 4 is 5.71 Å². The summed E-state index contributed by atoms with van der Waals surface area (Å²) in [5.74, 6) is 0. The lowest BCUT2D eigenvalue weighted by Crippen LogP contribution is -2.23. The Labute approximate surface area is 96.4 Å². The summed E-state index contributed by atoms with van der Waals surface area (Å²) in [6.45, 7) is 6.12. The average Bonchev–Trinajstić information content (AvgIpc) is 2.16. The van der Waals surface area contributed by atoms with Crippen molar-refractivity contribution in [2.75, 3.05) is 0 Å². The molecule has 4 heteroatoms. The Morgan fingerprint density at radius 3 is 2.62 bits per heavy atom. The van der Waals surface area contributed by atoms with Gasteiger partial charge in [-0.2, -0.15) is 5.10 Å². The molecule has 1 aromatic heterocycles. The van der Waals surface area contributed by atoms with Crippen LogP contribution in [0.5, 0.6) is 0 Å². The molecule has 0 fully saturated rings. The molecule has 0 saturated heterocycles. The third kappa shape index (κ3) is 5.46. The molecule has 1 heterocycles. The Bertz CT molecular complexity index is 341. The Morgan fingerprint density at radius 2 is 2.06 bits per heavy atom. The van der Waals surface area contributed by atoms with Crippen LogP contribution in [0.3, 0.4) is 0 Å². The minimum atomic E-state index is -0.702. The number of pyridine rings is 1. The van der Waals surface area contributed by atoms with Crippen molar-refractivity contribution in [3.8, 4) is 0 Å². The molecule has 0 aromatic carbocycles. The van der Waals surface area contributed by atoms with E-state index >= 15 is 0 Å². The molecule has 1 aromatic rings. The molecule has 0 aliphatic carbocycles. The summed E-state index contributed by atoms with van der Waals surface area (Å²) in [5, 5.41) is 13.8. The number of hydrogen-bond acceptors (Lipinski definition) is 4. The second-order valence-electron chi connectivity index (χ2n) is 4.53. The topological polar surface area (TPSA) is 57.5 Å². The van der Waals surface area contributed by atoms with Gasteiger partial charge in [-0.3, -0.25) is 4.98 Å². The Kier molecular flexibility index (Phi) is 4.43. The summed E-state index contributed by atoms with van der Waals surface area (Å²) in [7, 11) is 0. The van der Waals surface area contributed by atoms with E-state index in [9.17, 15) is 5.11 Å². The fourth-order valence-corrected chi connectivity index (χ4v) is 1.43. The van der Waals surface area contributed by atoms with E-state index in [2.05, 4.69) is 15.5 Å². The highest BCUT2D eigenvalue weighted by Crippen LogP contribution is 2.07. The van der Waals surface area contributed by atoms with Gasteiger partial charge in [0.25, 0.3) is 0 Å². The highest BCUT2D eigenvalue weighted by atomic mass is 16.3. The maximum Gasteiger partial charge on any atom is 0.0644 e. The number of hydrazone groups is 1. The summed E-state index contributed by atoms with van der Waals surface area (Å²) in [5.41, 5.74) is 4.30. The van der Waals surface area contributed by atoms with Gasteiger partial charge < -0.3 is 10.5 Å². The first-order valence-corrected chi connectivity index (χ1v) is 5.35. The molecule has 0 saturated carbocycles. The predicted molar refractivity (Wildman–Crippen MR) is 65.1 cm³/mol. The molecular weight excluding hydrogens is 202 g/mol. The zero-order valence-corrected chi connectivity index (χ0v) is 10.1. The fourth-order valence-electron chi connectivity index (χ4n) is 1.43. The Hall–Kier alpha value is -1.42. The lowest BCUT2D eigenvalue weighted by atomic mass is 10.0. The molecular formula is C12H19N3O. The molecule has 0 aliphatic rings. The van der Waals surface area contributed by atoms with E-state index in [0.29, 0.717) is 13.0 Å².